The minimum Gasteiger partial charge on any atom is -0.361 e. The summed E-state index contributed by atoms with van der Waals surface area (Å²) in [6.07, 6.45) is 2.19. The molecular formula is C25H23N3O2. The predicted octanol–water partition coefficient (Wildman–Crippen LogP) is 4.84. The first-order chi connectivity index (χ1) is 14.6. The zero-order valence-electron chi connectivity index (χ0n) is 16.7. The number of aromatic nitrogens is 1. The van der Waals surface area contributed by atoms with E-state index in [1.165, 1.54) is 0 Å². The van der Waals surface area contributed by atoms with Gasteiger partial charge in [-0.1, -0.05) is 48.5 Å². The molecule has 1 atom stereocenters. The highest BCUT2D eigenvalue weighted by Crippen LogP contribution is 2.20. The van der Waals surface area contributed by atoms with Crippen LogP contribution in [0.4, 0.5) is 5.69 Å². The molecule has 0 spiro atoms. The number of aromatic amines is 1. The van der Waals surface area contributed by atoms with Crippen molar-refractivity contribution >= 4 is 28.4 Å². The lowest BCUT2D eigenvalue weighted by Crippen LogP contribution is -2.28. The molecule has 0 saturated carbocycles. The number of amides is 2. The van der Waals surface area contributed by atoms with E-state index in [1.807, 2.05) is 79.9 Å². The van der Waals surface area contributed by atoms with E-state index < -0.39 is 0 Å². The van der Waals surface area contributed by atoms with Crippen LogP contribution in [0.15, 0.2) is 85.1 Å². The van der Waals surface area contributed by atoms with Gasteiger partial charge in [0, 0.05) is 28.4 Å². The van der Waals surface area contributed by atoms with Gasteiger partial charge in [-0.25, -0.2) is 0 Å². The number of anilines is 1. The van der Waals surface area contributed by atoms with Crippen molar-refractivity contribution in [1.82, 2.24) is 10.3 Å². The summed E-state index contributed by atoms with van der Waals surface area (Å²) in [5.41, 5.74) is 4.21. The molecule has 1 heterocycles. The fourth-order valence-electron chi connectivity index (χ4n) is 3.51. The van der Waals surface area contributed by atoms with Crippen molar-refractivity contribution in [2.45, 2.75) is 19.4 Å². The van der Waals surface area contributed by atoms with Gasteiger partial charge in [-0.3, -0.25) is 9.59 Å². The summed E-state index contributed by atoms with van der Waals surface area (Å²) >= 11 is 0. The number of hydrogen-bond acceptors (Lipinski definition) is 2. The summed E-state index contributed by atoms with van der Waals surface area (Å²) in [6.45, 7) is 1.94. The molecule has 4 aromatic rings. The van der Waals surface area contributed by atoms with Crippen LogP contribution < -0.4 is 10.6 Å². The summed E-state index contributed by atoms with van der Waals surface area (Å²) in [5, 5.41) is 7.01. The van der Waals surface area contributed by atoms with Crippen molar-refractivity contribution in [2.75, 3.05) is 5.32 Å². The monoisotopic (exact) mass is 397 g/mol. The Balaban J connectivity index is 1.40. The van der Waals surface area contributed by atoms with Crippen LogP contribution in [0.5, 0.6) is 0 Å². The molecule has 5 heteroatoms. The Labute approximate surface area is 175 Å². The van der Waals surface area contributed by atoms with Crippen molar-refractivity contribution in [3.63, 3.8) is 0 Å². The van der Waals surface area contributed by atoms with Crippen molar-refractivity contribution in [2.24, 2.45) is 0 Å². The van der Waals surface area contributed by atoms with E-state index in [4.69, 9.17) is 0 Å². The number of carbonyl (C=O) groups excluding carboxylic acids is 2. The molecule has 0 radical (unpaired) electrons. The third kappa shape index (κ3) is 4.41. The van der Waals surface area contributed by atoms with Gasteiger partial charge in [-0.2, -0.15) is 0 Å². The van der Waals surface area contributed by atoms with Crippen molar-refractivity contribution in [3.05, 3.63) is 102 Å². The maximum absolute atomic E-state index is 12.6. The molecule has 1 aromatic heterocycles. The fourth-order valence-corrected chi connectivity index (χ4v) is 3.51. The lowest BCUT2D eigenvalue weighted by Gasteiger charge is -2.16. The quantitative estimate of drug-likeness (QED) is 0.435. The molecule has 0 fully saturated rings. The highest BCUT2D eigenvalue weighted by Gasteiger charge is 2.13. The molecule has 2 amide bonds. The Morgan fingerprint density at radius 2 is 1.70 bits per heavy atom. The molecular weight excluding hydrogens is 374 g/mol. The average Bonchev–Trinajstić information content (AvgIpc) is 3.17. The summed E-state index contributed by atoms with van der Waals surface area (Å²) in [5.74, 6) is -0.213. The van der Waals surface area contributed by atoms with E-state index >= 15 is 0 Å². The van der Waals surface area contributed by atoms with Crippen LogP contribution in [-0.2, 0) is 11.2 Å². The van der Waals surface area contributed by atoms with Crippen LogP contribution in [0.1, 0.15) is 34.5 Å². The smallest absolute Gasteiger partial charge is 0.255 e. The van der Waals surface area contributed by atoms with Crippen LogP contribution in [0.25, 0.3) is 10.9 Å². The Bertz CT molecular complexity index is 1180. The third-order valence-corrected chi connectivity index (χ3v) is 5.08. The Hall–Kier alpha value is -3.86. The standard InChI is InChI=1S/C25H23N3O2/c1-17(27-24(29)15-20-16-26-23-13-6-5-12-22(20)23)19-10-7-11-21(14-19)28-25(30)18-8-3-2-4-9-18/h2-14,16-17,26H,15H2,1H3,(H,27,29)(H,28,30). The summed E-state index contributed by atoms with van der Waals surface area (Å²) in [4.78, 5) is 28.2. The number of fused-ring (bicyclic) bond motifs is 1. The number of para-hydroxylation sites is 1. The maximum Gasteiger partial charge on any atom is 0.255 e. The van der Waals surface area contributed by atoms with Gasteiger partial charge in [-0.15, -0.1) is 0 Å². The van der Waals surface area contributed by atoms with Gasteiger partial charge in [0.1, 0.15) is 0 Å². The first kappa shape index (κ1) is 19.5. The molecule has 0 aliphatic heterocycles. The Morgan fingerprint density at radius 1 is 0.933 bits per heavy atom. The molecule has 4 rings (SSSR count). The third-order valence-electron chi connectivity index (χ3n) is 5.08. The van der Waals surface area contributed by atoms with Crippen LogP contribution in [0, 0.1) is 0 Å². The van der Waals surface area contributed by atoms with Crippen molar-refractivity contribution in [3.8, 4) is 0 Å². The molecule has 3 N–H and O–H groups in total. The number of rotatable bonds is 6. The van der Waals surface area contributed by atoms with Crippen molar-refractivity contribution in [1.29, 1.82) is 0 Å². The second-order valence-corrected chi connectivity index (χ2v) is 7.27. The minimum atomic E-state index is -0.184. The zero-order chi connectivity index (χ0) is 20.9. The van der Waals surface area contributed by atoms with E-state index in [2.05, 4.69) is 15.6 Å². The minimum absolute atomic E-state index is 0.0500. The fraction of sp³-hybridized carbons (Fsp3) is 0.120. The highest BCUT2D eigenvalue weighted by molar-refractivity contribution is 6.04. The summed E-state index contributed by atoms with van der Waals surface area (Å²) in [7, 11) is 0. The largest absolute Gasteiger partial charge is 0.361 e. The van der Waals surface area contributed by atoms with Gasteiger partial charge in [0.25, 0.3) is 5.91 Å². The topological polar surface area (TPSA) is 74.0 Å². The number of H-pyrrole nitrogens is 1. The SMILES string of the molecule is CC(NC(=O)Cc1c[nH]c2ccccc12)c1cccc(NC(=O)c2ccccc2)c1. The predicted molar refractivity (Wildman–Crippen MR) is 119 cm³/mol. The number of hydrogen-bond donors (Lipinski definition) is 3. The Kier molecular flexibility index (Phi) is 5.61. The van der Waals surface area contributed by atoms with E-state index in [1.54, 1.807) is 12.1 Å². The molecule has 5 nitrogen and oxygen atoms in total. The van der Waals surface area contributed by atoms with Gasteiger partial charge in [-0.05, 0) is 48.4 Å². The van der Waals surface area contributed by atoms with E-state index in [-0.39, 0.29) is 17.9 Å². The van der Waals surface area contributed by atoms with Crippen LogP contribution >= 0.6 is 0 Å². The van der Waals surface area contributed by atoms with Gasteiger partial charge in [0.05, 0.1) is 12.5 Å². The van der Waals surface area contributed by atoms with E-state index in [0.717, 1.165) is 22.0 Å². The maximum atomic E-state index is 12.6. The zero-order valence-corrected chi connectivity index (χ0v) is 16.7. The van der Waals surface area contributed by atoms with Gasteiger partial charge in [0.15, 0.2) is 0 Å². The van der Waals surface area contributed by atoms with Crippen LogP contribution in [0.2, 0.25) is 0 Å². The van der Waals surface area contributed by atoms with Crippen molar-refractivity contribution < 1.29 is 9.59 Å². The van der Waals surface area contributed by atoms with Crippen LogP contribution in [-0.4, -0.2) is 16.8 Å². The highest BCUT2D eigenvalue weighted by atomic mass is 16.2. The van der Waals surface area contributed by atoms with E-state index in [0.29, 0.717) is 17.7 Å². The molecule has 1 unspecified atom stereocenters. The first-order valence-corrected chi connectivity index (χ1v) is 9.91. The molecule has 0 bridgehead atoms. The lowest BCUT2D eigenvalue weighted by atomic mass is 10.1. The molecule has 3 aromatic carbocycles. The average molecular weight is 397 g/mol. The second kappa shape index (κ2) is 8.66. The summed E-state index contributed by atoms with van der Waals surface area (Å²) < 4.78 is 0. The number of benzene rings is 3. The molecule has 30 heavy (non-hydrogen) atoms. The van der Waals surface area contributed by atoms with Gasteiger partial charge < -0.3 is 15.6 Å². The van der Waals surface area contributed by atoms with Gasteiger partial charge in [0.2, 0.25) is 5.91 Å². The lowest BCUT2D eigenvalue weighted by molar-refractivity contribution is -0.121. The number of nitrogens with one attached hydrogen (secondary N) is 3. The normalized spacial score (nSPS) is 11.8. The molecule has 150 valence electrons. The number of carbonyl (C=O) groups is 2. The van der Waals surface area contributed by atoms with Gasteiger partial charge >= 0.3 is 0 Å². The van der Waals surface area contributed by atoms with Crippen LogP contribution in [0.3, 0.4) is 0 Å². The summed E-state index contributed by atoms with van der Waals surface area (Å²) in [6, 6.07) is 24.4. The molecule has 0 aliphatic carbocycles. The second-order valence-electron chi connectivity index (χ2n) is 7.27. The first-order valence-electron chi connectivity index (χ1n) is 9.91. The molecule has 0 saturated heterocycles. The van der Waals surface area contributed by atoms with E-state index in [9.17, 15) is 9.59 Å². The Morgan fingerprint density at radius 3 is 2.53 bits per heavy atom. The molecule has 0 aliphatic rings.